The minimum Gasteiger partial charge on any atom is -0.478 e. The molecule has 114 valence electrons. The number of nitrogens with one attached hydrogen (secondary N) is 1. The number of carboxylic acid groups (broad SMARTS) is 1. The van der Waals surface area contributed by atoms with Gasteiger partial charge in [-0.2, -0.15) is 0 Å². The first-order valence-corrected chi connectivity index (χ1v) is 7.62. The third-order valence-corrected chi connectivity index (χ3v) is 4.41. The molecule has 0 radical (unpaired) electrons. The normalized spacial score (nSPS) is 17.2. The number of carbonyl (C=O) groups excluding carboxylic acids is 1. The minimum atomic E-state index is -0.917. The van der Waals surface area contributed by atoms with Gasteiger partial charge in [-0.25, -0.2) is 4.79 Å². The number of carbonyl (C=O) groups is 2. The average molecular weight is 289 g/mol. The van der Waals surface area contributed by atoms with Gasteiger partial charge in [-0.3, -0.25) is 4.79 Å². The predicted octanol–water partition coefficient (Wildman–Crippen LogP) is 3.01. The zero-order chi connectivity index (χ0) is 15.3. The molecule has 0 atom stereocenters. The van der Waals surface area contributed by atoms with Crippen LogP contribution in [0.3, 0.4) is 0 Å². The Bertz CT molecular complexity index is 501. The molecule has 21 heavy (non-hydrogen) atoms. The second-order valence-electron chi connectivity index (χ2n) is 6.13. The first-order valence-electron chi connectivity index (χ1n) is 7.62. The third-order valence-electron chi connectivity index (χ3n) is 4.41. The summed E-state index contributed by atoms with van der Waals surface area (Å²) in [5.41, 5.74) is 1.12. The number of amides is 1. The van der Waals surface area contributed by atoms with Crippen molar-refractivity contribution in [2.45, 2.75) is 45.4 Å². The van der Waals surface area contributed by atoms with Gasteiger partial charge in [0.05, 0.1) is 5.56 Å². The van der Waals surface area contributed by atoms with E-state index in [9.17, 15) is 9.59 Å². The molecule has 0 aliphatic heterocycles. The van der Waals surface area contributed by atoms with Gasteiger partial charge < -0.3 is 10.4 Å². The van der Waals surface area contributed by atoms with Crippen molar-refractivity contribution in [3.63, 3.8) is 0 Å². The molecule has 1 aromatic rings. The second-order valence-corrected chi connectivity index (χ2v) is 6.13. The lowest BCUT2D eigenvalue weighted by Gasteiger charge is -2.32. The van der Waals surface area contributed by atoms with E-state index in [4.69, 9.17) is 5.11 Å². The Hall–Kier alpha value is -1.84. The number of carboxylic acids is 1. The number of rotatable bonds is 5. The Morgan fingerprint density at radius 1 is 1.14 bits per heavy atom. The molecule has 0 spiro atoms. The molecular formula is C17H23NO3. The predicted molar refractivity (Wildman–Crippen MR) is 81.3 cm³/mol. The number of hydrogen-bond acceptors (Lipinski definition) is 2. The van der Waals surface area contributed by atoms with E-state index in [1.165, 1.54) is 6.42 Å². The number of benzene rings is 1. The fraction of sp³-hybridized carbons (Fsp3) is 0.529. The maximum absolute atomic E-state index is 12.3. The van der Waals surface area contributed by atoms with Gasteiger partial charge in [-0.15, -0.1) is 0 Å². The summed E-state index contributed by atoms with van der Waals surface area (Å²) in [4.78, 5) is 23.0. The molecule has 1 saturated carbocycles. The molecule has 0 bridgehead atoms. The molecular weight excluding hydrogens is 266 g/mol. The van der Waals surface area contributed by atoms with E-state index in [1.54, 1.807) is 24.3 Å². The van der Waals surface area contributed by atoms with Crippen LogP contribution < -0.4 is 5.32 Å². The van der Waals surface area contributed by atoms with Crippen molar-refractivity contribution < 1.29 is 14.7 Å². The minimum absolute atomic E-state index is 0.157. The third kappa shape index (κ3) is 4.06. The van der Waals surface area contributed by atoms with E-state index in [0.717, 1.165) is 37.7 Å². The van der Waals surface area contributed by atoms with E-state index in [-0.39, 0.29) is 16.9 Å². The van der Waals surface area contributed by atoms with E-state index < -0.39 is 5.97 Å². The highest BCUT2D eigenvalue weighted by atomic mass is 16.4. The van der Waals surface area contributed by atoms with Crippen LogP contribution in [0.5, 0.6) is 0 Å². The fourth-order valence-electron chi connectivity index (χ4n) is 2.91. The molecule has 0 unspecified atom stereocenters. The lowest BCUT2D eigenvalue weighted by Crippen LogP contribution is -2.41. The van der Waals surface area contributed by atoms with Gasteiger partial charge in [0.1, 0.15) is 0 Å². The lowest BCUT2D eigenvalue weighted by atomic mass is 9.75. The molecule has 0 heterocycles. The lowest BCUT2D eigenvalue weighted by molar-refractivity contribution is -0.131. The monoisotopic (exact) mass is 289 g/mol. The molecule has 1 aromatic carbocycles. The number of aromatic carboxylic acids is 1. The standard InChI is InChI=1S/C17H23NO3/c1-17(10-3-2-4-11-17)16(21)18-12-9-13-5-7-14(8-6-13)15(19)20/h5-8H,2-4,9-12H2,1H3,(H,18,21)(H,19,20). The molecule has 2 N–H and O–H groups in total. The van der Waals surface area contributed by atoms with Crippen LogP contribution in [0.15, 0.2) is 24.3 Å². The van der Waals surface area contributed by atoms with E-state index in [1.807, 2.05) is 0 Å². The maximum Gasteiger partial charge on any atom is 0.335 e. The van der Waals surface area contributed by atoms with Crippen molar-refractivity contribution >= 4 is 11.9 Å². The highest BCUT2D eigenvalue weighted by molar-refractivity contribution is 5.87. The number of hydrogen-bond donors (Lipinski definition) is 2. The highest BCUT2D eigenvalue weighted by Crippen LogP contribution is 2.35. The molecule has 0 saturated heterocycles. The van der Waals surface area contributed by atoms with E-state index >= 15 is 0 Å². The Kier molecular flexibility index (Phi) is 4.99. The van der Waals surface area contributed by atoms with Crippen molar-refractivity contribution in [3.05, 3.63) is 35.4 Å². The molecule has 0 aromatic heterocycles. The van der Waals surface area contributed by atoms with Crippen molar-refractivity contribution in [3.8, 4) is 0 Å². The van der Waals surface area contributed by atoms with Crippen LogP contribution in [0.25, 0.3) is 0 Å². The summed E-state index contributed by atoms with van der Waals surface area (Å²) >= 11 is 0. The van der Waals surface area contributed by atoms with Crippen molar-refractivity contribution in [1.82, 2.24) is 5.32 Å². The van der Waals surface area contributed by atoms with Gasteiger partial charge in [0.2, 0.25) is 5.91 Å². The van der Waals surface area contributed by atoms with Gasteiger partial charge in [-0.1, -0.05) is 38.3 Å². The maximum atomic E-state index is 12.3. The molecule has 1 amide bonds. The molecule has 2 rings (SSSR count). The Morgan fingerprint density at radius 3 is 2.33 bits per heavy atom. The Labute approximate surface area is 125 Å². The van der Waals surface area contributed by atoms with Gasteiger partial charge in [0, 0.05) is 12.0 Å². The molecule has 4 heteroatoms. The Morgan fingerprint density at radius 2 is 1.76 bits per heavy atom. The Balaban J connectivity index is 1.80. The fourth-order valence-corrected chi connectivity index (χ4v) is 2.91. The molecule has 4 nitrogen and oxygen atoms in total. The van der Waals surface area contributed by atoms with Crippen LogP contribution in [0.2, 0.25) is 0 Å². The van der Waals surface area contributed by atoms with Crippen molar-refractivity contribution in [2.24, 2.45) is 5.41 Å². The van der Waals surface area contributed by atoms with Gasteiger partial charge in [-0.05, 0) is 37.0 Å². The van der Waals surface area contributed by atoms with Crippen LogP contribution >= 0.6 is 0 Å². The van der Waals surface area contributed by atoms with Crippen LogP contribution in [0, 0.1) is 5.41 Å². The largest absolute Gasteiger partial charge is 0.478 e. The summed E-state index contributed by atoms with van der Waals surface area (Å²) < 4.78 is 0. The van der Waals surface area contributed by atoms with Crippen molar-refractivity contribution in [1.29, 1.82) is 0 Å². The van der Waals surface area contributed by atoms with Crippen LogP contribution in [0.1, 0.15) is 54.9 Å². The van der Waals surface area contributed by atoms with Crippen LogP contribution in [-0.4, -0.2) is 23.5 Å². The van der Waals surface area contributed by atoms with Gasteiger partial charge >= 0.3 is 5.97 Å². The second kappa shape index (κ2) is 6.74. The van der Waals surface area contributed by atoms with E-state index in [2.05, 4.69) is 12.2 Å². The van der Waals surface area contributed by atoms with Crippen LogP contribution in [0.4, 0.5) is 0 Å². The molecule has 1 aliphatic rings. The zero-order valence-electron chi connectivity index (χ0n) is 12.5. The van der Waals surface area contributed by atoms with Gasteiger partial charge in [0.25, 0.3) is 0 Å². The average Bonchev–Trinajstić information content (AvgIpc) is 2.48. The SMILES string of the molecule is CC1(C(=O)NCCc2ccc(C(=O)O)cc2)CCCCC1. The highest BCUT2D eigenvalue weighted by Gasteiger charge is 2.33. The molecule has 1 fully saturated rings. The van der Waals surface area contributed by atoms with E-state index in [0.29, 0.717) is 6.54 Å². The van der Waals surface area contributed by atoms with Crippen LogP contribution in [-0.2, 0) is 11.2 Å². The summed E-state index contributed by atoms with van der Waals surface area (Å²) in [6, 6.07) is 6.81. The first kappa shape index (κ1) is 15.5. The van der Waals surface area contributed by atoms with Crippen molar-refractivity contribution in [2.75, 3.05) is 6.54 Å². The quantitative estimate of drug-likeness (QED) is 0.875. The summed E-state index contributed by atoms with van der Waals surface area (Å²) in [6.07, 6.45) is 6.19. The smallest absolute Gasteiger partial charge is 0.335 e. The zero-order valence-corrected chi connectivity index (χ0v) is 12.5. The topological polar surface area (TPSA) is 66.4 Å². The first-order chi connectivity index (χ1) is 10.0. The van der Waals surface area contributed by atoms with Gasteiger partial charge in [0.15, 0.2) is 0 Å². The summed E-state index contributed by atoms with van der Waals surface area (Å²) in [5, 5.41) is 11.9. The summed E-state index contributed by atoms with van der Waals surface area (Å²) in [7, 11) is 0. The summed E-state index contributed by atoms with van der Waals surface area (Å²) in [5.74, 6) is -0.760. The molecule has 1 aliphatic carbocycles. The summed E-state index contributed by atoms with van der Waals surface area (Å²) in [6.45, 7) is 2.66.